The first kappa shape index (κ1) is 15.8. The highest BCUT2D eigenvalue weighted by Gasteiger charge is 2.37. The standard InChI is InChI=1S/C15H18ClNO4S/c16-13-4-2-1-3-12(13)14-9-17(6-7-21-14)15(18)11-5-8-22(19,20)10-11/h1-4,11,14H,5-10H2/t11-,14-/m1/s1. The second-order valence-corrected chi connectivity index (χ2v) is 8.40. The van der Waals surface area contributed by atoms with Crippen molar-refractivity contribution in [2.24, 2.45) is 5.92 Å². The van der Waals surface area contributed by atoms with Gasteiger partial charge >= 0.3 is 0 Å². The molecular weight excluding hydrogens is 326 g/mol. The van der Waals surface area contributed by atoms with Gasteiger partial charge in [0.15, 0.2) is 9.84 Å². The quantitative estimate of drug-likeness (QED) is 0.819. The van der Waals surface area contributed by atoms with Crippen LogP contribution in [0.15, 0.2) is 24.3 Å². The van der Waals surface area contributed by atoms with E-state index in [0.29, 0.717) is 31.1 Å². The molecule has 0 bridgehead atoms. The molecule has 22 heavy (non-hydrogen) atoms. The van der Waals surface area contributed by atoms with Crippen molar-refractivity contribution in [2.75, 3.05) is 31.2 Å². The van der Waals surface area contributed by atoms with Gasteiger partial charge in [-0.3, -0.25) is 4.79 Å². The van der Waals surface area contributed by atoms with Gasteiger partial charge in [0, 0.05) is 17.1 Å². The highest BCUT2D eigenvalue weighted by atomic mass is 35.5. The van der Waals surface area contributed by atoms with E-state index in [1.54, 1.807) is 11.0 Å². The van der Waals surface area contributed by atoms with Crippen molar-refractivity contribution < 1.29 is 17.9 Å². The van der Waals surface area contributed by atoms with Crippen molar-refractivity contribution in [3.8, 4) is 0 Å². The molecule has 3 rings (SSSR count). The Morgan fingerprint density at radius 1 is 1.32 bits per heavy atom. The number of hydrogen-bond donors (Lipinski definition) is 0. The molecule has 0 radical (unpaired) electrons. The zero-order chi connectivity index (χ0) is 15.7. The zero-order valence-corrected chi connectivity index (χ0v) is 13.6. The fourth-order valence-corrected chi connectivity index (χ4v) is 5.01. The summed E-state index contributed by atoms with van der Waals surface area (Å²) < 4.78 is 28.8. The predicted molar refractivity (Wildman–Crippen MR) is 83.5 cm³/mol. The Balaban J connectivity index is 1.71. The SMILES string of the molecule is O=C([C@@H]1CCS(=O)(=O)C1)N1CCO[C@@H](c2ccccc2Cl)C1. The minimum atomic E-state index is -3.05. The molecule has 0 unspecified atom stereocenters. The largest absolute Gasteiger partial charge is 0.370 e. The van der Waals surface area contributed by atoms with Crippen LogP contribution < -0.4 is 0 Å². The lowest BCUT2D eigenvalue weighted by Crippen LogP contribution is -2.45. The topological polar surface area (TPSA) is 63.7 Å². The van der Waals surface area contributed by atoms with Gasteiger partial charge in [0.25, 0.3) is 0 Å². The lowest BCUT2D eigenvalue weighted by atomic mass is 10.0. The van der Waals surface area contributed by atoms with E-state index >= 15 is 0 Å². The van der Waals surface area contributed by atoms with Crippen LogP contribution in [0.1, 0.15) is 18.1 Å². The summed E-state index contributed by atoms with van der Waals surface area (Å²) in [7, 11) is -3.05. The molecule has 0 saturated carbocycles. The fourth-order valence-electron chi connectivity index (χ4n) is 3.02. The number of carbonyl (C=O) groups excluding carboxylic acids is 1. The van der Waals surface area contributed by atoms with Gasteiger partial charge in [-0.05, 0) is 12.5 Å². The summed E-state index contributed by atoms with van der Waals surface area (Å²) in [5.41, 5.74) is 0.862. The van der Waals surface area contributed by atoms with Crippen LogP contribution in [-0.2, 0) is 19.4 Å². The van der Waals surface area contributed by atoms with Crippen molar-refractivity contribution in [3.63, 3.8) is 0 Å². The molecule has 0 N–H and O–H groups in total. The highest BCUT2D eigenvalue weighted by Crippen LogP contribution is 2.30. The molecule has 2 aliphatic heterocycles. The van der Waals surface area contributed by atoms with Gasteiger partial charge in [-0.25, -0.2) is 8.42 Å². The van der Waals surface area contributed by atoms with Crippen molar-refractivity contribution in [1.29, 1.82) is 0 Å². The fraction of sp³-hybridized carbons (Fsp3) is 0.533. The third kappa shape index (κ3) is 3.29. The molecule has 0 aromatic heterocycles. The highest BCUT2D eigenvalue weighted by molar-refractivity contribution is 7.91. The molecule has 5 nitrogen and oxygen atoms in total. The first-order valence-corrected chi connectivity index (χ1v) is 9.51. The summed E-state index contributed by atoms with van der Waals surface area (Å²) in [6.45, 7) is 1.34. The number of carbonyl (C=O) groups is 1. The third-order valence-corrected chi connectivity index (χ3v) is 6.32. The number of benzene rings is 1. The smallest absolute Gasteiger partial charge is 0.226 e. The normalized spacial score (nSPS) is 27.8. The third-order valence-electron chi connectivity index (χ3n) is 4.21. The molecule has 2 fully saturated rings. The summed E-state index contributed by atoms with van der Waals surface area (Å²) in [6.07, 6.45) is 0.166. The van der Waals surface area contributed by atoms with Crippen LogP contribution in [0, 0.1) is 5.92 Å². The molecule has 0 aliphatic carbocycles. The van der Waals surface area contributed by atoms with E-state index in [9.17, 15) is 13.2 Å². The Morgan fingerprint density at radius 3 is 2.77 bits per heavy atom. The first-order chi connectivity index (χ1) is 10.5. The average Bonchev–Trinajstić information content (AvgIpc) is 2.87. The van der Waals surface area contributed by atoms with E-state index in [4.69, 9.17) is 16.3 Å². The summed E-state index contributed by atoms with van der Waals surface area (Å²) in [4.78, 5) is 14.2. The van der Waals surface area contributed by atoms with E-state index in [-0.39, 0.29) is 23.5 Å². The van der Waals surface area contributed by atoms with E-state index < -0.39 is 15.8 Å². The van der Waals surface area contributed by atoms with Crippen LogP contribution in [0.25, 0.3) is 0 Å². The second-order valence-electron chi connectivity index (χ2n) is 5.77. The number of sulfone groups is 1. The van der Waals surface area contributed by atoms with E-state index in [0.717, 1.165) is 5.56 Å². The molecular formula is C15H18ClNO4S. The Morgan fingerprint density at radius 2 is 2.09 bits per heavy atom. The molecule has 120 valence electrons. The van der Waals surface area contributed by atoms with Crippen LogP contribution in [0.4, 0.5) is 0 Å². The van der Waals surface area contributed by atoms with Gasteiger partial charge in [0.1, 0.15) is 6.10 Å². The van der Waals surface area contributed by atoms with Gasteiger partial charge < -0.3 is 9.64 Å². The van der Waals surface area contributed by atoms with Gasteiger partial charge in [0.05, 0.1) is 30.6 Å². The van der Waals surface area contributed by atoms with E-state index in [1.807, 2.05) is 18.2 Å². The molecule has 0 spiro atoms. The predicted octanol–water partition coefficient (Wildman–Crippen LogP) is 1.67. The van der Waals surface area contributed by atoms with E-state index in [2.05, 4.69) is 0 Å². The van der Waals surface area contributed by atoms with Crippen LogP contribution in [0.3, 0.4) is 0 Å². The number of halogens is 1. The number of hydrogen-bond acceptors (Lipinski definition) is 4. The Kier molecular flexibility index (Phi) is 4.43. The van der Waals surface area contributed by atoms with Crippen molar-refractivity contribution in [3.05, 3.63) is 34.9 Å². The monoisotopic (exact) mass is 343 g/mol. The first-order valence-electron chi connectivity index (χ1n) is 7.31. The summed E-state index contributed by atoms with van der Waals surface area (Å²) in [5, 5.41) is 0.616. The number of ether oxygens (including phenoxy) is 1. The minimum Gasteiger partial charge on any atom is -0.370 e. The number of nitrogens with zero attached hydrogens (tertiary/aromatic N) is 1. The van der Waals surface area contributed by atoms with Crippen LogP contribution in [0.2, 0.25) is 5.02 Å². The molecule has 2 saturated heterocycles. The van der Waals surface area contributed by atoms with Gasteiger partial charge in [-0.15, -0.1) is 0 Å². The number of morpholine rings is 1. The summed E-state index contributed by atoms with van der Waals surface area (Å²) in [6, 6.07) is 7.42. The Labute approximate surface area is 135 Å². The number of rotatable bonds is 2. The molecule has 2 aliphatic rings. The molecule has 2 atom stereocenters. The lowest BCUT2D eigenvalue weighted by Gasteiger charge is -2.34. The number of amides is 1. The van der Waals surface area contributed by atoms with Crippen molar-refractivity contribution >= 4 is 27.3 Å². The summed E-state index contributed by atoms with van der Waals surface area (Å²) >= 11 is 6.19. The summed E-state index contributed by atoms with van der Waals surface area (Å²) in [5.74, 6) is -0.404. The molecule has 1 aromatic carbocycles. The minimum absolute atomic E-state index is 0.0278. The maximum atomic E-state index is 12.5. The Hall–Kier alpha value is -1.11. The van der Waals surface area contributed by atoms with Crippen LogP contribution in [-0.4, -0.2) is 50.4 Å². The van der Waals surface area contributed by atoms with E-state index in [1.165, 1.54) is 0 Å². The van der Waals surface area contributed by atoms with Gasteiger partial charge in [-0.2, -0.15) is 0 Å². The van der Waals surface area contributed by atoms with Gasteiger partial charge in [-0.1, -0.05) is 29.8 Å². The van der Waals surface area contributed by atoms with Crippen molar-refractivity contribution in [2.45, 2.75) is 12.5 Å². The average molecular weight is 344 g/mol. The lowest BCUT2D eigenvalue weighted by molar-refractivity contribution is -0.142. The molecule has 2 heterocycles. The molecule has 7 heteroatoms. The second kappa shape index (κ2) is 6.18. The van der Waals surface area contributed by atoms with Crippen LogP contribution in [0.5, 0.6) is 0 Å². The van der Waals surface area contributed by atoms with Crippen LogP contribution >= 0.6 is 11.6 Å². The zero-order valence-electron chi connectivity index (χ0n) is 12.1. The van der Waals surface area contributed by atoms with Gasteiger partial charge in [0.2, 0.25) is 5.91 Å². The molecule has 1 amide bonds. The Bertz CT molecular complexity index is 676. The van der Waals surface area contributed by atoms with Crippen molar-refractivity contribution in [1.82, 2.24) is 4.90 Å². The maximum absolute atomic E-state index is 12.5. The molecule has 1 aromatic rings. The maximum Gasteiger partial charge on any atom is 0.226 e.